The van der Waals surface area contributed by atoms with Crippen molar-refractivity contribution in [3.63, 3.8) is 0 Å². The predicted octanol–water partition coefficient (Wildman–Crippen LogP) is 2.66. The smallest absolute Gasteiger partial charge is 0.313 e. The lowest BCUT2D eigenvalue weighted by atomic mass is 9.90. The summed E-state index contributed by atoms with van der Waals surface area (Å²) < 4.78 is 4.94. The number of anilines is 1. The lowest BCUT2D eigenvalue weighted by molar-refractivity contribution is -0.142. The Balaban J connectivity index is 2.02. The zero-order chi connectivity index (χ0) is 13.4. The van der Waals surface area contributed by atoms with Crippen LogP contribution in [0.15, 0.2) is 12.1 Å². The number of benzene rings is 1. The summed E-state index contributed by atoms with van der Waals surface area (Å²) in [6.45, 7) is 4.38. The Bertz CT molecular complexity index is 510. The molecule has 0 bridgehead atoms. The number of ether oxygens (including phenoxy) is 1. The highest BCUT2D eigenvalue weighted by Crippen LogP contribution is 2.38. The molecule has 1 unspecified atom stereocenters. The van der Waals surface area contributed by atoms with E-state index in [9.17, 15) is 4.79 Å². The number of methoxy groups -OCH3 is 1. The predicted molar refractivity (Wildman–Crippen MR) is 75.7 cm³/mol. The van der Waals surface area contributed by atoms with Crippen LogP contribution in [0.4, 0.5) is 5.69 Å². The lowest BCUT2D eigenvalue weighted by Crippen LogP contribution is -2.26. The third-order valence-electron chi connectivity index (χ3n) is 4.43. The van der Waals surface area contributed by atoms with Crippen LogP contribution in [0, 0.1) is 0 Å². The molecule has 1 aromatic rings. The Morgan fingerprint density at radius 3 is 2.74 bits per heavy atom. The SMILES string of the molecule is CCC(C(=O)OC)c1cc2c3c(c1)CCN3CCC2. The van der Waals surface area contributed by atoms with Gasteiger partial charge in [0.15, 0.2) is 0 Å². The van der Waals surface area contributed by atoms with Crippen molar-refractivity contribution >= 4 is 11.7 Å². The van der Waals surface area contributed by atoms with E-state index in [0.717, 1.165) is 31.4 Å². The van der Waals surface area contributed by atoms with Crippen molar-refractivity contribution < 1.29 is 9.53 Å². The zero-order valence-electron chi connectivity index (χ0n) is 11.7. The van der Waals surface area contributed by atoms with Crippen LogP contribution in [-0.2, 0) is 22.4 Å². The second kappa shape index (κ2) is 4.87. The molecule has 0 aliphatic carbocycles. The maximum atomic E-state index is 11.9. The first kappa shape index (κ1) is 12.5. The molecule has 19 heavy (non-hydrogen) atoms. The highest BCUT2D eigenvalue weighted by atomic mass is 16.5. The van der Waals surface area contributed by atoms with Crippen molar-refractivity contribution in [2.75, 3.05) is 25.1 Å². The molecule has 3 heteroatoms. The molecule has 102 valence electrons. The maximum Gasteiger partial charge on any atom is 0.313 e. The van der Waals surface area contributed by atoms with Crippen molar-refractivity contribution in [1.29, 1.82) is 0 Å². The van der Waals surface area contributed by atoms with Crippen LogP contribution in [0.3, 0.4) is 0 Å². The summed E-state index contributed by atoms with van der Waals surface area (Å²) >= 11 is 0. The molecule has 3 rings (SSSR count). The fraction of sp³-hybridized carbons (Fsp3) is 0.562. The normalized spacial score (nSPS) is 18.1. The fourth-order valence-corrected chi connectivity index (χ4v) is 3.51. The molecule has 0 amide bonds. The Morgan fingerprint density at radius 1 is 1.32 bits per heavy atom. The molecule has 0 N–H and O–H groups in total. The zero-order valence-corrected chi connectivity index (χ0v) is 11.7. The van der Waals surface area contributed by atoms with Crippen molar-refractivity contribution in [2.45, 2.75) is 38.5 Å². The van der Waals surface area contributed by atoms with E-state index in [4.69, 9.17) is 4.74 Å². The summed E-state index contributed by atoms with van der Waals surface area (Å²) in [5.74, 6) is -0.220. The molecule has 0 spiro atoms. The van der Waals surface area contributed by atoms with E-state index >= 15 is 0 Å². The van der Waals surface area contributed by atoms with Gasteiger partial charge in [0.2, 0.25) is 0 Å². The fourth-order valence-electron chi connectivity index (χ4n) is 3.51. The van der Waals surface area contributed by atoms with Gasteiger partial charge in [-0.15, -0.1) is 0 Å². The van der Waals surface area contributed by atoms with Gasteiger partial charge in [-0.1, -0.05) is 19.1 Å². The quantitative estimate of drug-likeness (QED) is 0.782. The van der Waals surface area contributed by atoms with E-state index in [1.54, 1.807) is 0 Å². The molecular formula is C16H21NO2. The number of esters is 1. The summed E-state index contributed by atoms with van der Waals surface area (Å²) in [5.41, 5.74) is 5.45. The van der Waals surface area contributed by atoms with Gasteiger partial charge in [-0.2, -0.15) is 0 Å². The standard InChI is InChI=1S/C16H21NO2/c1-3-14(16(18)19-2)13-9-11-5-4-7-17-8-6-12(10-13)15(11)17/h9-10,14H,3-8H2,1-2H3. The molecule has 0 saturated heterocycles. The molecule has 1 atom stereocenters. The monoisotopic (exact) mass is 259 g/mol. The molecule has 0 saturated carbocycles. The summed E-state index contributed by atoms with van der Waals surface area (Å²) in [5, 5.41) is 0. The second-order valence-electron chi connectivity index (χ2n) is 5.51. The van der Waals surface area contributed by atoms with Gasteiger partial charge >= 0.3 is 5.97 Å². The van der Waals surface area contributed by atoms with Crippen LogP contribution in [-0.4, -0.2) is 26.2 Å². The first-order chi connectivity index (χ1) is 9.24. The van der Waals surface area contributed by atoms with Gasteiger partial charge in [0.05, 0.1) is 13.0 Å². The van der Waals surface area contributed by atoms with E-state index in [2.05, 4.69) is 17.0 Å². The average molecular weight is 259 g/mol. The minimum Gasteiger partial charge on any atom is -0.469 e. The van der Waals surface area contributed by atoms with E-state index in [0.29, 0.717) is 0 Å². The molecular weight excluding hydrogens is 238 g/mol. The van der Waals surface area contributed by atoms with E-state index < -0.39 is 0 Å². The number of carbonyl (C=O) groups excluding carboxylic acids is 1. The number of nitrogens with zero attached hydrogens (tertiary/aromatic N) is 1. The van der Waals surface area contributed by atoms with E-state index in [-0.39, 0.29) is 11.9 Å². The van der Waals surface area contributed by atoms with Crippen LogP contribution < -0.4 is 4.90 Å². The topological polar surface area (TPSA) is 29.5 Å². The van der Waals surface area contributed by atoms with Gasteiger partial charge in [0.1, 0.15) is 0 Å². The van der Waals surface area contributed by atoms with Gasteiger partial charge < -0.3 is 9.64 Å². The molecule has 3 nitrogen and oxygen atoms in total. The van der Waals surface area contributed by atoms with Crippen LogP contribution in [0.25, 0.3) is 0 Å². The molecule has 2 heterocycles. The van der Waals surface area contributed by atoms with Crippen molar-refractivity contribution in [3.05, 3.63) is 28.8 Å². The largest absolute Gasteiger partial charge is 0.469 e. The van der Waals surface area contributed by atoms with Crippen molar-refractivity contribution in [2.24, 2.45) is 0 Å². The number of rotatable bonds is 3. The van der Waals surface area contributed by atoms with E-state index in [1.165, 1.54) is 36.9 Å². The molecule has 0 radical (unpaired) electrons. The first-order valence-corrected chi connectivity index (χ1v) is 7.23. The molecule has 1 aromatic carbocycles. The highest BCUT2D eigenvalue weighted by molar-refractivity contribution is 5.79. The number of hydrogen-bond donors (Lipinski definition) is 0. The highest BCUT2D eigenvalue weighted by Gasteiger charge is 2.28. The Hall–Kier alpha value is -1.51. The molecule has 0 fully saturated rings. The Kier molecular flexibility index (Phi) is 3.21. The van der Waals surface area contributed by atoms with Crippen LogP contribution in [0.2, 0.25) is 0 Å². The Labute approximate surface area is 114 Å². The van der Waals surface area contributed by atoms with Gasteiger partial charge in [0.25, 0.3) is 0 Å². The lowest BCUT2D eigenvalue weighted by Gasteiger charge is -2.28. The van der Waals surface area contributed by atoms with Gasteiger partial charge in [-0.05, 0) is 42.4 Å². The average Bonchev–Trinajstić information content (AvgIpc) is 2.85. The molecule has 0 aromatic heterocycles. The minimum atomic E-state index is -0.111. The summed E-state index contributed by atoms with van der Waals surface area (Å²) in [4.78, 5) is 14.4. The van der Waals surface area contributed by atoms with Crippen molar-refractivity contribution in [1.82, 2.24) is 0 Å². The summed E-state index contributed by atoms with van der Waals surface area (Å²) in [6, 6.07) is 4.47. The van der Waals surface area contributed by atoms with Gasteiger partial charge in [0, 0.05) is 18.8 Å². The van der Waals surface area contributed by atoms with Crippen LogP contribution in [0.5, 0.6) is 0 Å². The summed E-state index contributed by atoms with van der Waals surface area (Å²) in [7, 11) is 1.48. The van der Waals surface area contributed by atoms with Crippen LogP contribution in [0.1, 0.15) is 42.4 Å². The second-order valence-corrected chi connectivity index (χ2v) is 5.51. The number of aryl methyl sites for hydroxylation is 1. The third kappa shape index (κ3) is 2.01. The summed E-state index contributed by atoms with van der Waals surface area (Å²) in [6.07, 6.45) is 4.29. The number of hydrogen-bond acceptors (Lipinski definition) is 3. The van der Waals surface area contributed by atoms with Crippen molar-refractivity contribution in [3.8, 4) is 0 Å². The molecule has 2 aliphatic heterocycles. The molecule has 2 aliphatic rings. The van der Waals surface area contributed by atoms with Crippen LogP contribution >= 0.6 is 0 Å². The maximum absolute atomic E-state index is 11.9. The Morgan fingerprint density at radius 2 is 2.05 bits per heavy atom. The first-order valence-electron chi connectivity index (χ1n) is 7.23. The van der Waals surface area contributed by atoms with E-state index in [1.807, 2.05) is 6.92 Å². The van der Waals surface area contributed by atoms with Gasteiger partial charge in [-0.25, -0.2) is 0 Å². The number of carbonyl (C=O) groups is 1. The third-order valence-corrected chi connectivity index (χ3v) is 4.43. The minimum absolute atomic E-state index is 0.109. The van der Waals surface area contributed by atoms with Gasteiger partial charge in [-0.3, -0.25) is 4.79 Å².